The van der Waals surface area contributed by atoms with Gasteiger partial charge >= 0.3 is 5.97 Å². The molecule has 0 fully saturated rings. The first-order valence-corrected chi connectivity index (χ1v) is 3.53. The minimum absolute atomic E-state index is 0.185. The summed E-state index contributed by atoms with van der Waals surface area (Å²) in [6.45, 7) is 0. The molecule has 0 spiro atoms. The molecule has 2 aromatic rings. The Bertz CT molecular complexity index is 303. The number of carboxylic acids is 1. The third-order valence-electron chi connectivity index (χ3n) is 1.19. The molecular weight excluding hydrogens is 172 g/mol. The summed E-state index contributed by atoms with van der Waals surface area (Å²) in [7, 11) is 0. The average Bonchev–Trinajstić information content (AvgIpc) is 2.82. The molecule has 0 atom stereocenters. The number of hydrogen-bond donors (Lipinski definition) is 1. The van der Waals surface area contributed by atoms with Gasteiger partial charge in [-0.3, -0.25) is 0 Å². The number of furan rings is 2. The van der Waals surface area contributed by atoms with Gasteiger partial charge in [-0.05, 0) is 18.2 Å². The van der Waals surface area contributed by atoms with Gasteiger partial charge in [0.2, 0.25) is 0 Å². The zero-order chi connectivity index (χ0) is 9.52. The standard InChI is InChI=1S/C5H4O3.C4H4O/c6-5(7)4-1-2-8-3-4;1-2-4-5-3-1/h1-3H,(H,6,7);1-4H. The molecule has 0 amide bonds. The average molecular weight is 180 g/mol. The molecule has 0 radical (unpaired) electrons. The number of aromatic carboxylic acids is 1. The van der Waals surface area contributed by atoms with E-state index in [0.717, 1.165) is 0 Å². The highest BCUT2D eigenvalue weighted by atomic mass is 16.4. The summed E-state index contributed by atoms with van der Waals surface area (Å²) in [6, 6.07) is 5.06. The predicted molar refractivity (Wildman–Crippen MR) is 44.4 cm³/mol. The lowest BCUT2D eigenvalue weighted by molar-refractivity contribution is 0.0696. The van der Waals surface area contributed by atoms with Crippen LogP contribution in [0.3, 0.4) is 0 Å². The second kappa shape index (κ2) is 4.82. The molecule has 0 saturated carbocycles. The maximum Gasteiger partial charge on any atom is 0.338 e. The summed E-state index contributed by atoms with van der Waals surface area (Å²) in [5, 5.41) is 8.21. The van der Waals surface area contributed by atoms with Gasteiger partial charge in [0.1, 0.15) is 6.26 Å². The van der Waals surface area contributed by atoms with E-state index in [1.807, 2.05) is 12.1 Å². The van der Waals surface area contributed by atoms with Crippen LogP contribution in [0.2, 0.25) is 0 Å². The third kappa shape index (κ3) is 3.29. The van der Waals surface area contributed by atoms with Crippen molar-refractivity contribution in [2.24, 2.45) is 0 Å². The summed E-state index contributed by atoms with van der Waals surface area (Å²) >= 11 is 0. The normalized spacial score (nSPS) is 8.62. The van der Waals surface area contributed by atoms with Crippen LogP contribution in [0.5, 0.6) is 0 Å². The molecule has 68 valence electrons. The van der Waals surface area contributed by atoms with E-state index >= 15 is 0 Å². The van der Waals surface area contributed by atoms with E-state index in [9.17, 15) is 4.79 Å². The lowest BCUT2D eigenvalue weighted by Gasteiger charge is -1.77. The largest absolute Gasteiger partial charge is 0.478 e. The van der Waals surface area contributed by atoms with Gasteiger partial charge in [-0.1, -0.05) is 0 Å². The quantitative estimate of drug-likeness (QED) is 0.731. The number of rotatable bonds is 1. The van der Waals surface area contributed by atoms with Crippen molar-refractivity contribution in [3.8, 4) is 0 Å². The van der Waals surface area contributed by atoms with Crippen molar-refractivity contribution in [1.82, 2.24) is 0 Å². The van der Waals surface area contributed by atoms with Gasteiger partial charge in [0, 0.05) is 0 Å². The molecule has 0 aromatic carbocycles. The Hall–Kier alpha value is -1.97. The molecule has 0 aliphatic heterocycles. The van der Waals surface area contributed by atoms with Gasteiger partial charge < -0.3 is 13.9 Å². The summed E-state index contributed by atoms with van der Waals surface area (Å²) in [4.78, 5) is 10.0. The van der Waals surface area contributed by atoms with E-state index < -0.39 is 5.97 Å². The number of carbonyl (C=O) groups is 1. The van der Waals surface area contributed by atoms with Gasteiger partial charge in [0.25, 0.3) is 0 Å². The van der Waals surface area contributed by atoms with Gasteiger partial charge in [-0.15, -0.1) is 0 Å². The minimum Gasteiger partial charge on any atom is -0.478 e. The first-order chi connectivity index (χ1) is 6.30. The minimum atomic E-state index is -0.959. The first kappa shape index (κ1) is 9.12. The Labute approximate surface area is 74.4 Å². The molecule has 4 heteroatoms. The van der Waals surface area contributed by atoms with E-state index in [4.69, 9.17) is 5.11 Å². The molecule has 13 heavy (non-hydrogen) atoms. The molecule has 0 saturated heterocycles. The fourth-order valence-electron chi connectivity index (χ4n) is 0.613. The van der Waals surface area contributed by atoms with Crippen LogP contribution in [0.1, 0.15) is 10.4 Å². The fraction of sp³-hybridized carbons (Fsp3) is 0. The van der Waals surface area contributed by atoms with Crippen LogP contribution in [0, 0.1) is 0 Å². The van der Waals surface area contributed by atoms with Crippen molar-refractivity contribution in [3.63, 3.8) is 0 Å². The Balaban J connectivity index is 0.000000145. The second-order valence-electron chi connectivity index (χ2n) is 2.11. The molecule has 0 unspecified atom stereocenters. The molecule has 0 aliphatic rings. The van der Waals surface area contributed by atoms with Crippen LogP contribution in [0.4, 0.5) is 0 Å². The predicted octanol–water partition coefficient (Wildman–Crippen LogP) is 2.26. The molecule has 0 aliphatic carbocycles. The van der Waals surface area contributed by atoms with Crippen molar-refractivity contribution in [1.29, 1.82) is 0 Å². The number of hydrogen-bond acceptors (Lipinski definition) is 3. The van der Waals surface area contributed by atoms with Crippen LogP contribution in [-0.4, -0.2) is 11.1 Å². The topological polar surface area (TPSA) is 63.6 Å². The number of carboxylic acid groups (broad SMARTS) is 1. The smallest absolute Gasteiger partial charge is 0.338 e. The van der Waals surface area contributed by atoms with Gasteiger partial charge in [-0.25, -0.2) is 4.79 Å². The van der Waals surface area contributed by atoms with E-state index in [2.05, 4.69) is 8.83 Å². The molecule has 2 heterocycles. The van der Waals surface area contributed by atoms with E-state index in [0.29, 0.717) is 0 Å². The highest BCUT2D eigenvalue weighted by Gasteiger charge is 2.00. The van der Waals surface area contributed by atoms with Crippen LogP contribution in [0.25, 0.3) is 0 Å². The van der Waals surface area contributed by atoms with Gasteiger partial charge in [-0.2, -0.15) is 0 Å². The van der Waals surface area contributed by atoms with Crippen molar-refractivity contribution in [3.05, 3.63) is 48.8 Å². The van der Waals surface area contributed by atoms with E-state index in [-0.39, 0.29) is 5.56 Å². The Kier molecular flexibility index (Phi) is 3.38. The summed E-state index contributed by atoms with van der Waals surface area (Å²) in [5.74, 6) is -0.959. The molecule has 1 N–H and O–H groups in total. The molecule has 2 aromatic heterocycles. The van der Waals surface area contributed by atoms with Crippen molar-refractivity contribution in [2.75, 3.05) is 0 Å². The zero-order valence-corrected chi connectivity index (χ0v) is 6.71. The molecular formula is C9H8O4. The van der Waals surface area contributed by atoms with E-state index in [1.165, 1.54) is 18.6 Å². The fourth-order valence-corrected chi connectivity index (χ4v) is 0.613. The summed E-state index contributed by atoms with van der Waals surface area (Å²) in [5.41, 5.74) is 0.185. The van der Waals surface area contributed by atoms with Crippen LogP contribution < -0.4 is 0 Å². The lowest BCUT2D eigenvalue weighted by atomic mass is 10.4. The van der Waals surface area contributed by atoms with Crippen LogP contribution >= 0.6 is 0 Å². The van der Waals surface area contributed by atoms with Gasteiger partial charge in [0.15, 0.2) is 0 Å². The second-order valence-corrected chi connectivity index (χ2v) is 2.11. The van der Waals surface area contributed by atoms with Crippen molar-refractivity contribution >= 4 is 5.97 Å². The highest BCUT2D eigenvalue weighted by molar-refractivity contribution is 5.86. The SMILES string of the molecule is O=C(O)c1ccoc1.c1ccoc1. The van der Waals surface area contributed by atoms with Crippen molar-refractivity contribution in [2.45, 2.75) is 0 Å². The van der Waals surface area contributed by atoms with Gasteiger partial charge in [0.05, 0.1) is 24.4 Å². The van der Waals surface area contributed by atoms with Crippen molar-refractivity contribution < 1.29 is 18.7 Å². The van der Waals surface area contributed by atoms with Crippen LogP contribution in [-0.2, 0) is 0 Å². The zero-order valence-electron chi connectivity index (χ0n) is 6.71. The molecule has 4 nitrogen and oxygen atoms in total. The first-order valence-electron chi connectivity index (χ1n) is 3.53. The molecule has 0 bridgehead atoms. The Morgan fingerprint density at radius 3 is 2.08 bits per heavy atom. The third-order valence-corrected chi connectivity index (χ3v) is 1.19. The summed E-state index contributed by atoms with van der Waals surface area (Å²) < 4.78 is 9.08. The van der Waals surface area contributed by atoms with Crippen LogP contribution in [0.15, 0.2) is 52.1 Å². The monoisotopic (exact) mass is 180 g/mol. The summed E-state index contributed by atoms with van der Waals surface area (Å²) in [6.07, 6.45) is 5.76. The Morgan fingerprint density at radius 1 is 1.15 bits per heavy atom. The highest BCUT2D eigenvalue weighted by Crippen LogP contribution is 1.97. The maximum atomic E-state index is 10.0. The van der Waals surface area contributed by atoms with E-state index in [1.54, 1.807) is 12.5 Å². The lowest BCUT2D eigenvalue weighted by Crippen LogP contribution is -1.90. The Morgan fingerprint density at radius 2 is 1.85 bits per heavy atom. The maximum absolute atomic E-state index is 10.0. The molecule has 2 rings (SSSR count).